The van der Waals surface area contributed by atoms with Crippen LogP contribution in [-0.2, 0) is 0 Å². The van der Waals surface area contributed by atoms with Gasteiger partial charge >= 0.3 is 0 Å². The van der Waals surface area contributed by atoms with E-state index in [-0.39, 0.29) is 6.04 Å². The van der Waals surface area contributed by atoms with Gasteiger partial charge in [0.05, 0.1) is 6.04 Å². The number of hydrogen-bond donors (Lipinski definition) is 2. The van der Waals surface area contributed by atoms with Gasteiger partial charge in [0, 0.05) is 17.1 Å². The molecular formula is C12H23N3S. The van der Waals surface area contributed by atoms with Gasteiger partial charge in [0.15, 0.2) is 0 Å². The molecule has 3 N–H and O–H groups in total. The Kier molecular flexibility index (Phi) is 5.38. The summed E-state index contributed by atoms with van der Waals surface area (Å²) >= 11 is 1.76. The van der Waals surface area contributed by atoms with Crippen LogP contribution in [-0.4, -0.2) is 17.6 Å². The maximum Gasteiger partial charge on any atom is 0.109 e. The van der Waals surface area contributed by atoms with Crippen LogP contribution in [0.25, 0.3) is 0 Å². The Bertz CT molecular complexity index is 309. The monoisotopic (exact) mass is 241 g/mol. The Morgan fingerprint density at radius 2 is 2.12 bits per heavy atom. The number of thiazole rings is 1. The van der Waals surface area contributed by atoms with E-state index < -0.39 is 0 Å². The van der Waals surface area contributed by atoms with E-state index in [0.717, 1.165) is 18.0 Å². The Morgan fingerprint density at radius 1 is 1.44 bits per heavy atom. The largest absolute Gasteiger partial charge is 0.327 e. The highest BCUT2D eigenvalue weighted by Crippen LogP contribution is 2.18. The zero-order valence-electron chi connectivity index (χ0n) is 10.7. The molecule has 0 aliphatic rings. The Balaban J connectivity index is 2.28. The average Bonchev–Trinajstić information content (AvgIpc) is 2.64. The molecule has 1 aromatic heterocycles. The molecule has 0 radical (unpaired) electrons. The van der Waals surface area contributed by atoms with Gasteiger partial charge in [0.1, 0.15) is 5.01 Å². The van der Waals surface area contributed by atoms with Gasteiger partial charge < -0.3 is 11.1 Å². The van der Waals surface area contributed by atoms with Crippen molar-refractivity contribution in [2.24, 2.45) is 11.7 Å². The highest BCUT2D eigenvalue weighted by molar-refractivity contribution is 7.11. The van der Waals surface area contributed by atoms with Gasteiger partial charge in [-0.05, 0) is 32.7 Å². The second-order valence-corrected chi connectivity index (χ2v) is 5.95. The van der Waals surface area contributed by atoms with Gasteiger partial charge in [-0.2, -0.15) is 0 Å². The molecule has 1 heterocycles. The van der Waals surface area contributed by atoms with Crippen LogP contribution in [0.4, 0.5) is 0 Å². The van der Waals surface area contributed by atoms with E-state index in [1.165, 1.54) is 4.88 Å². The van der Waals surface area contributed by atoms with Gasteiger partial charge in [-0.3, -0.25) is 0 Å². The third-order valence-corrected chi connectivity index (χ3v) is 3.89. The molecule has 0 bridgehead atoms. The van der Waals surface area contributed by atoms with Crippen LogP contribution in [0, 0.1) is 12.8 Å². The quantitative estimate of drug-likeness (QED) is 0.804. The average molecular weight is 241 g/mol. The third-order valence-electron chi connectivity index (χ3n) is 2.79. The molecule has 1 rings (SSSR count). The second kappa shape index (κ2) is 6.33. The lowest BCUT2D eigenvalue weighted by atomic mass is 10.0. The lowest BCUT2D eigenvalue weighted by molar-refractivity contribution is 0.435. The number of aromatic nitrogens is 1. The smallest absolute Gasteiger partial charge is 0.109 e. The number of nitrogens with two attached hydrogens (primary N) is 1. The number of aryl methyl sites for hydroxylation is 1. The summed E-state index contributed by atoms with van der Waals surface area (Å²) in [5.41, 5.74) is 5.99. The van der Waals surface area contributed by atoms with Crippen LogP contribution >= 0.6 is 11.3 Å². The maximum atomic E-state index is 5.99. The molecule has 2 unspecified atom stereocenters. The van der Waals surface area contributed by atoms with Crippen molar-refractivity contribution in [3.05, 3.63) is 16.1 Å². The van der Waals surface area contributed by atoms with E-state index in [9.17, 15) is 0 Å². The van der Waals surface area contributed by atoms with E-state index in [2.05, 4.69) is 38.0 Å². The molecule has 0 saturated heterocycles. The summed E-state index contributed by atoms with van der Waals surface area (Å²) < 4.78 is 0. The van der Waals surface area contributed by atoms with E-state index in [0.29, 0.717) is 12.0 Å². The molecule has 0 fully saturated rings. The van der Waals surface area contributed by atoms with E-state index in [1.807, 2.05) is 6.20 Å². The maximum absolute atomic E-state index is 5.99. The molecule has 4 heteroatoms. The van der Waals surface area contributed by atoms with Crippen molar-refractivity contribution in [3.63, 3.8) is 0 Å². The standard InChI is InChI=1S/C12H23N3S/c1-8(2)11(13)5-6-14-10(4)12-15-7-9(3)16-12/h7-8,10-11,14H,5-6,13H2,1-4H3. The topological polar surface area (TPSA) is 50.9 Å². The summed E-state index contributed by atoms with van der Waals surface area (Å²) in [4.78, 5) is 5.64. The molecule has 2 atom stereocenters. The van der Waals surface area contributed by atoms with Gasteiger partial charge in [-0.1, -0.05) is 13.8 Å². The third kappa shape index (κ3) is 4.20. The van der Waals surface area contributed by atoms with Crippen LogP contribution in [0.5, 0.6) is 0 Å². The van der Waals surface area contributed by atoms with Gasteiger partial charge in [0.25, 0.3) is 0 Å². The fraction of sp³-hybridized carbons (Fsp3) is 0.750. The first-order valence-corrected chi connectivity index (χ1v) is 6.73. The molecule has 0 aliphatic carbocycles. The lowest BCUT2D eigenvalue weighted by Gasteiger charge is -2.17. The highest BCUT2D eigenvalue weighted by atomic mass is 32.1. The molecule has 0 saturated carbocycles. The zero-order chi connectivity index (χ0) is 12.1. The zero-order valence-corrected chi connectivity index (χ0v) is 11.5. The number of nitrogens with one attached hydrogen (secondary N) is 1. The summed E-state index contributed by atoms with van der Waals surface area (Å²) in [6, 6.07) is 0.621. The predicted octanol–water partition coefficient (Wildman–Crippen LogP) is 2.48. The van der Waals surface area contributed by atoms with Gasteiger partial charge in [-0.15, -0.1) is 11.3 Å². The molecule has 1 aromatic rings. The molecule has 0 spiro atoms. The van der Waals surface area contributed by atoms with Crippen molar-refractivity contribution in [3.8, 4) is 0 Å². The molecule has 3 nitrogen and oxygen atoms in total. The summed E-state index contributed by atoms with van der Waals surface area (Å²) in [6.45, 7) is 9.53. The number of nitrogens with zero attached hydrogens (tertiary/aromatic N) is 1. The molecule has 92 valence electrons. The minimum atomic E-state index is 0.290. The van der Waals surface area contributed by atoms with Crippen molar-refractivity contribution in [1.29, 1.82) is 0 Å². The number of rotatable bonds is 6. The van der Waals surface area contributed by atoms with Crippen LogP contribution < -0.4 is 11.1 Å². The van der Waals surface area contributed by atoms with E-state index in [1.54, 1.807) is 11.3 Å². The Morgan fingerprint density at radius 3 is 2.62 bits per heavy atom. The normalized spacial score (nSPS) is 15.4. The summed E-state index contributed by atoms with van der Waals surface area (Å²) in [6.07, 6.45) is 2.95. The first-order chi connectivity index (χ1) is 7.50. The van der Waals surface area contributed by atoms with Gasteiger partial charge in [0.2, 0.25) is 0 Å². The summed E-state index contributed by atoms with van der Waals surface area (Å²) in [7, 11) is 0. The number of hydrogen-bond acceptors (Lipinski definition) is 4. The fourth-order valence-electron chi connectivity index (χ4n) is 1.46. The van der Waals surface area contributed by atoms with E-state index >= 15 is 0 Å². The molecule has 0 amide bonds. The Hall–Kier alpha value is -0.450. The van der Waals surface area contributed by atoms with Crippen molar-refractivity contribution >= 4 is 11.3 Å². The first-order valence-electron chi connectivity index (χ1n) is 5.92. The van der Waals surface area contributed by atoms with Crippen LogP contribution in [0.2, 0.25) is 0 Å². The highest BCUT2D eigenvalue weighted by Gasteiger charge is 2.11. The van der Waals surface area contributed by atoms with Crippen LogP contribution in [0.3, 0.4) is 0 Å². The van der Waals surface area contributed by atoms with E-state index in [4.69, 9.17) is 5.73 Å². The van der Waals surface area contributed by atoms with Crippen LogP contribution in [0.1, 0.15) is 43.1 Å². The molecule has 0 aliphatic heterocycles. The van der Waals surface area contributed by atoms with Crippen molar-refractivity contribution in [2.45, 2.75) is 46.2 Å². The van der Waals surface area contributed by atoms with Crippen LogP contribution in [0.15, 0.2) is 6.20 Å². The molecule has 16 heavy (non-hydrogen) atoms. The first kappa shape index (κ1) is 13.6. The summed E-state index contributed by atoms with van der Waals surface area (Å²) in [5, 5.41) is 4.63. The molecule has 0 aromatic carbocycles. The van der Waals surface area contributed by atoms with Crippen molar-refractivity contribution in [2.75, 3.05) is 6.54 Å². The minimum Gasteiger partial charge on any atom is -0.327 e. The molecular weight excluding hydrogens is 218 g/mol. The second-order valence-electron chi connectivity index (χ2n) is 4.68. The van der Waals surface area contributed by atoms with Crippen molar-refractivity contribution < 1.29 is 0 Å². The Labute approximate surface area is 102 Å². The predicted molar refractivity (Wildman–Crippen MR) is 70.7 cm³/mol. The van der Waals surface area contributed by atoms with Gasteiger partial charge in [-0.25, -0.2) is 4.98 Å². The fourth-order valence-corrected chi connectivity index (χ4v) is 2.26. The lowest BCUT2D eigenvalue weighted by Crippen LogP contribution is -2.31. The minimum absolute atomic E-state index is 0.290. The summed E-state index contributed by atoms with van der Waals surface area (Å²) in [5.74, 6) is 0.555. The SMILES string of the molecule is Cc1cnc(C(C)NCCC(N)C(C)C)s1. The van der Waals surface area contributed by atoms with Crippen molar-refractivity contribution in [1.82, 2.24) is 10.3 Å².